The second kappa shape index (κ2) is 17.6. The van der Waals surface area contributed by atoms with Gasteiger partial charge in [0.1, 0.15) is 11.5 Å². The van der Waals surface area contributed by atoms with Crippen molar-refractivity contribution in [2.45, 2.75) is 76.3 Å². The number of rotatable bonds is 13. The normalized spacial score (nSPS) is 17.6. The van der Waals surface area contributed by atoms with Gasteiger partial charge in [-0.2, -0.15) is 0 Å². The Balaban J connectivity index is 0.00000280. The molecule has 2 atom stereocenters. The van der Waals surface area contributed by atoms with Crippen LogP contribution in [0.5, 0.6) is 11.5 Å². The Morgan fingerprint density at radius 1 is 0.600 bits per heavy atom. The molecule has 2 saturated heterocycles. The molecule has 0 saturated carbocycles. The molecule has 0 aromatic heterocycles. The summed E-state index contributed by atoms with van der Waals surface area (Å²) in [5, 5.41) is 0. The van der Waals surface area contributed by atoms with Crippen molar-refractivity contribution in [3.63, 3.8) is 0 Å². The highest BCUT2D eigenvalue weighted by molar-refractivity contribution is 5.99. The Morgan fingerprint density at radius 2 is 0.925 bits per heavy atom. The summed E-state index contributed by atoms with van der Waals surface area (Å²) < 4.78 is 10.6. The van der Waals surface area contributed by atoms with E-state index in [1.54, 1.807) is 14.2 Å². The standard InChI is InChI=1S/C32H44N2O4.2ClH/c1-37-27-17-13-25(14-18-27)31(35)29(33-21-7-3-8-22-33)11-5-6-12-30(34-23-9-4-10-24-34)32(36)26-15-19-28(38-2)20-16-26;;/h13-20,29-30H,3-12,21-24H2,1-2H3;2*1H. The molecule has 2 aromatic carbocycles. The minimum Gasteiger partial charge on any atom is -1.00 e. The summed E-state index contributed by atoms with van der Waals surface area (Å²) in [6, 6.07) is 15.1. The highest BCUT2D eigenvalue weighted by atomic mass is 35.5. The van der Waals surface area contributed by atoms with E-state index < -0.39 is 0 Å². The number of quaternary nitrogens is 2. The number of likely N-dealkylation sites (tertiary alicyclic amines) is 2. The van der Waals surface area contributed by atoms with Crippen molar-refractivity contribution in [3.8, 4) is 11.5 Å². The molecule has 2 unspecified atom stereocenters. The monoisotopic (exact) mass is 592 g/mol. The molecule has 2 fully saturated rings. The average molecular weight is 594 g/mol. The van der Waals surface area contributed by atoms with Crippen LogP contribution in [-0.2, 0) is 0 Å². The summed E-state index contributed by atoms with van der Waals surface area (Å²) in [7, 11) is 3.30. The maximum absolute atomic E-state index is 13.6. The summed E-state index contributed by atoms with van der Waals surface area (Å²) in [5.74, 6) is 2.04. The summed E-state index contributed by atoms with van der Waals surface area (Å²) >= 11 is 0. The summed E-state index contributed by atoms with van der Waals surface area (Å²) in [6.07, 6.45) is 11.0. The number of carbonyl (C=O) groups excluding carboxylic acids is 2. The summed E-state index contributed by atoms with van der Waals surface area (Å²) in [5.41, 5.74) is 1.55. The third-order valence-electron chi connectivity index (χ3n) is 8.59. The molecule has 222 valence electrons. The quantitative estimate of drug-likeness (QED) is 0.195. The van der Waals surface area contributed by atoms with Crippen LogP contribution in [-0.4, -0.2) is 64.0 Å². The number of carbonyl (C=O) groups is 2. The van der Waals surface area contributed by atoms with Gasteiger partial charge < -0.3 is 44.1 Å². The Kier molecular flexibility index (Phi) is 15.0. The number of Topliss-reactive ketones (excluding diaryl/α,β-unsaturated/α-hetero) is 2. The van der Waals surface area contributed by atoms with Crippen LogP contribution in [0.2, 0.25) is 0 Å². The van der Waals surface area contributed by atoms with E-state index in [1.807, 2.05) is 48.5 Å². The number of benzene rings is 2. The molecular weight excluding hydrogens is 547 g/mol. The van der Waals surface area contributed by atoms with Gasteiger partial charge in [0.15, 0.2) is 12.1 Å². The fraction of sp³-hybridized carbons (Fsp3) is 0.562. The number of hydrogen-bond donors (Lipinski definition) is 2. The lowest BCUT2D eigenvalue weighted by Gasteiger charge is -2.32. The predicted molar refractivity (Wildman–Crippen MR) is 150 cm³/mol. The van der Waals surface area contributed by atoms with Crippen molar-refractivity contribution in [2.24, 2.45) is 0 Å². The molecule has 0 bridgehead atoms. The van der Waals surface area contributed by atoms with Crippen molar-refractivity contribution in [1.82, 2.24) is 0 Å². The zero-order chi connectivity index (χ0) is 26.7. The molecule has 0 radical (unpaired) electrons. The predicted octanol–water partition coefficient (Wildman–Crippen LogP) is -2.79. The van der Waals surface area contributed by atoms with Crippen LogP contribution in [0.15, 0.2) is 48.5 Å². The van der Waals surface area contributed by atoms with E-state index in [9.17, 15) is 9.59 Å². The van der Waals surface area contributed by atoms with Crippen LogP contribution in [0.4, 0.5) is 0 Å². The van der Waals surface area contributed by atoms with Crippen molar-refractivity contribution in [2.75, 3.05) is 40.4 Å². The third kappa shape index (κ3) is 9.20. The van der Waals surface area contributed by atoms with Crippen LogP contribution in [0.25, 0.3) is 0 Å². The zero-order valence-electron chi connectivity index (χ0n) is 24.1. The number of piperidine rings is 2. The van der Waals surface area contributed by atoms with E-state index in [0.29, 0.717) is 0 Å². The zero-order valence-corrected chi connectivity index (χ0v) is 25.6. The number of ether oxygens (including phenoxy) is 2. The van der Waals surface area contributed by atoms with E-state index in [4.69, 9.17) is 9.47 Å². The average Bonchev–Trinajstić information content (AvgIpc) is 2.99. The van der Waals surface area contributed by atoms with Gasteiger partial charge in [0, 0.05) is 24.0 Å². The van der Waals surface area contributed by atoms with Gasteiger partial charge >= 0.3 is 0 Å². The molecule has 8 heteroatoms. The molecule has 4 rings (SSSR count). The molecule has 2 aliphatic heterocycles. The van der Waals surface area contributed by atoms with Gasteiger partial charge in [-0.15, -0.1) is 0 Å². The highest BCUT2D eigenvalue weighted by Crippen LogP contribution is 2.17. The van der Waals surface area contributed by atoms with Gasteiger partial charge in [-0.05, 0) is 99.9 Å². The van der Waals surface area contributed by atoms with E-state index in [-0.39, 0.29) is 48.5 Å². The van der Waals surface area contributed by atoms with E-state index >= 15 is 0 Å². The fourth-order valence-corrected chi connectivity index (χ4v) is 6.36. The molecule has 40 heavy (non-hydrogen) atoms. The minimum atomic E-state index is -0.0123. The number of nitrogens with one attached hydrogen (secondary N) is 2. The topological polar surface area (TPSA) is 61.5 Å². The van der Waals surface area contributed by atoms with E-state index in [1.165, 1.54) is 48.3 Å². The number of hydrogen-bond acceptors (Lipinski definition) is 4. The lowest BCUT2D eigenvalue weighted by Crippen LogP contribution is -3.17. The summed E-state index contributed by atoms with van der Waals surface area (Å²) in [4.78, 5) is 30.1. The smallest absolute Gasteiger partial charge is 0.219 e. The first-order valence-corrected chi connectivity index (χ1v) is 14.7. The van der Waals surface area contributed by atoms with Crippen LogP contribution in [0.3, 0.4) is 0 Å². The molecule has 0 amide bonds. The second-order valence-electron chi connectivity index (χ2n) is 11.0. The first-order chi connectivity index (χ1) is 18.6. The van der Waals surface area contributed by atoms with Crippen LogP contribution >= 0.6 is 0 Å². The fourth-order valence-electron chi connectivity index (χ4n) is 6.36. The maximum Gasteiger partial charge on any atom is 0.219 e. The van der Waals surface area contributed by atoms with Gasteiger partial charge in [-0.1, -0.05) is 0 Å². The Hall–Kier alpha value is -2.12. The molecular formula is C32H46Cl2N2O4. The molecule has 0 spiro atoms. The highest BCUT2D eigenvalue weighted by Gasteiger charge is 2.33. The van der Waals surface area contributed by atoms with E-state index in [0.717, 1.165) is 74.5 Å². The van der Waals surface area contributed by atoms with Crippen molar-refractivity contribution in [1.29, 1.82) is 0 Å². The molecule has 6 nitrogen and oxygen atoms in total. The van der Waals surface area contributed by atoms with Gasteiger partial charge in [-0.3, -0.25) is 9.59 Å². The number of methoxy groups -OCH3 is 2. The van der Waals surface area contributed by atoms with Crippen molar-refractivity contribution in [3.05, 3.63) is 59.7 Å². The molecule has 2 aliphatic rings. The Labute approximate surface area is 252 Å². The van der Waals surface area contributed by atoms with Gasteiger partial charge in [0.2, 0.25) is 11.6 Å². The molecule has 2 aromatic rings. The van der Waals surface area contributed by atoms with Crippen molar-refractivity contribution < 1.29 is 53.7 Å². The number of ketones is 2. The first-order valence-electron chi connectivity index (χ1n) is 14.7. The Bertz CT molecular complexity index is 937. The number of unbranched alkanes of at least 4 members (excludes halogenated alkanes) is 1. The van der Waals surface area contributed by atoms with Crippen LogP contribution < -0.4 is 44.1 Å². The van der Waals surface area contributed by atoms with Gasteiger partial charge in [-0.25, -0.2) is 0 Å². The largest absolute Gasteiger partial charge is 1.00 e. The molecule has 2 N–H and O–H groups in total. The lowest BCUT2D eigenvalue weighted by atomic mass is 9.92. The third-order valence-corrected chi connectivity index (χ3v) is 8.59. The van der Waals surface area contributed by atoms with Gasteiger partial charge in [0.05, 0.1) is 40.4 Å². The first kappa shape index (κ1) is 34.1. The summed E-state index contributed by atoms with van der Waals surface area (Å²) in [6.45, 7) is 4.29. The lowest BCUT2D eigenvalue weighted by molar-refractivity contribution is -0.921. The van der Waals surface area contributed by atoms with Crippen LogP contribution in [0, 0.1) is 0 Å². The second-order valence-corrected chi connectivity index (χ2v) is 11.0. The minimum absolute atomic E-state index is 0. The van der Waals surface area contributed by atoms with E-state index in [2.05, 4.69) is 0 Å². The Morgan fingerprint density at radius 3 is 1.23 bits per heavy atom. The molecule has 0 aliphatic carbocycles. The van der Waals surface area contributed by atoms with Crippen molar-refractivity contribution >= 4 is 11.6 Å². The SMILES string of the molecule is COc1ccc(C(=O)C(CCCCC(C(=O)c2ccc(OC)cc2)[NH+]2CCCCC2)[NH+]2CCCCC2)cc1.[Cl-].[Cl-]. The maximum atomic E-state index is 13.6. The van der Waals surface area contributed by atoms with Gasteiger partial charge in [0.25, 0.3) is 0 Å². The van der Waals surface area contributed by atoms with Crippen LogP contribution in [0.1, 0.15) is 84.9 Å². The molecule has 2 heterocycles. The number of halogens is 2.